The Morgan fingerprint density at radius 2 is 1.90 bits per heavy atom. The first-order chi connectivity index (χ1) is 13.6. The number of nitrogens with two attached hydrogens (primary N) is 1. The van der Waals surface area contributed by atoms with Gasteiger partial charge in [-0.2, -0.15) is 18.2 Å². The topological polar surface area (TPSA) is 77.2 Å². The summed E-state index contributed by atoms with van der Waals surface area (Å²) < 4.78 is 42.3. The van der Waals surface area contributed by atoms with Gasteiger partial charge < -0.3 is 15.3 Å². The van der Waals surface area contributed by atoms with Crippen molar-refractivity contribution < 1.29 is 27.5 Å². The van der Waals surface area contributed by atoms with Crippen LogP contribution in [0.3, 0.4) is 0 Å². The zero-order valence-electron chi connectivity index (χ0n) is 15.0. The van der Waals surface area contributed by atoms with E-state index in [0.29, 0.717) is 32.0 Å². The van der Waals surface area contributed by atoms with Crippen LogP contribution in [-0.4, -0.2) is 30.2 Å². The summed E-state index contributed by atoms with van der Waals surface area (Å²) in [5, 5.41) is 1.26. The maximum atomic E-state index is 12.2. The van der Waals surface area contributed by atoms with Crippen molar-refractivity contribution in [2.24, 2.45) is 10.7 Å². The first-order valence-electron chi connectivity index (χ1n) is 8.05. The molecule has 156 valence electrons. The molecule has 0 aliphatic rings. The SMILES string of the molecule is CN(OC(=O)C(F)(F)F)C(N)=NCc1cccc(OCc2cccc(Cl)c2Cl)c1. The third-order valence-corrected chi connectivity index (χ3v) is 4.38. The number of benzene rings is 2. The average molecular weight is 450 g/mol. The highest BCUT2D eigenvalue weighted by Gasteiger charge is 2.42. The number of alkyl halides is 3. The van der Waals surface area contributed by atoms with Crippen LogP contribution in [0.4, 0.5) is 13.2 Å². The van der Waals surface area contributed by atoms with Gasteiger partial charge in [-0.3, -0.25) is 0 Å². The van der Waals surface area contributed by atoms with Crippen LogP contribution in [0.25, 0.3) is 0 Å². The van der Waals surface area contributed by atoms with Crippen LogP contribution in [0.1, 0.15) is 11.1 Å². The molecule has 0 saturated heterocycles. The molecule has 0 radical (unpaired) electrons. The van der Waals surface area contributed by atoms with Crippen LogP contribution >= 0.6 is 23.2 Å². The summed E-state index contributed by atoms with van der Waals surface area (Å²) in [5.41, 5.74) is 6.91. The van der Waals surface area contributed by atoms with Crippen LogP contribution in [-0.2, 0) is 22.8 Å². The number of guanidine groups is 1. The molecule has 29 heavy (non-hydrogen) atoms. The minimum absolute atomic E-state index is 0.0227. The average Bonchev–Trinajstić information content (AvgIpc) is 2.66. The quantitative estimate of drug-likeness (QED) is 0.417. The summed E-state index contributed by atoms with van der Waals surface area (Å²) in [6.45, 7) is 0.208. The van der Waals surface area contributed by atoms with Crippen molar-refractivity contribution in [3.63, 3.8) is 0 Å². The third kappa shape index (κ3) is 6.72. The smallest absolute Gasteiger partial charge is 0.489 e. The molecule has 0 spiro atoms. The molecule has 0 aliphatic carbocycles. The van der Waals surface area contributed by atoms with Crippen molar-refractivity contribution in [1.29, 1.82) is 0 Å². The second-order valence-corrected chi connectivity index (χ2v) is 6.48. The minimum Gasteiger partial charge on any atom is -0.489 e. The van der Waals surface area contributed by atoms with Crippen LogP contribution in [0.5, 0.6) is 5.75 Å². The Balaban J connectivity index is 1.97. The molecule has 0 amide bonds. The van der Waals surface area contributed by atoms with Crippen LogP contribution in [0.15, 0.2) is 47.5 Å². The molecule has 0 atom stereocenters. The van der Waals surface area contributed by atoms with Crippen molar-refractivity contribution in [3.8, 4) is 5.75 Å². The predicted molar refractivity (Wildman–Crippen MR) is 102 cm³/mol. The number of ether oxygens (including phenoxy) is 1. The maximum Gasteiger partial charge on any atom is 0.493 e. The molecule has 0 saturated carbocycles. The Labute approximate surface area is 174 Å². The van der Waals surface area contributed by atoms with Gasteiger partial charge in [0.25, 0.3) is 0 Å². The number of nitrogens with zero attached hydrogens (tertiary/aromatic N) is 2. The van der Waals surface area contributed by atoms with Crippen molar-refractivity contribution in [1.82, 2.24) is 5.06 Å². The van der Waals surface area contributed by atoms with Crippen molar-refractivity contribution in [2.45, 2.75) is 19.3 Å². The molecule has 0 unspecified atom stereocenters. The zero-order valence-corrected chi connectivity index (χ0v) is 16.6. The summed E-state index contributed by atoms with van der Waals surface area (Å²) >= 11 is 12.1. The van der Waals surface area contributed by atoms with Crippen molar-refractivity contribution in [3.05, 3.63) is 63.6 Å². The number of carbonyl (C=O) groups excluding carboxylic acids is 1. The Hall–Kier alpha value is -2.65. The molecule has 0 aromatic heterocycles. The minimum atomic E-state index is -5.13. The van der Waals surface area contributed by atoms with Gasteiger partial charge in [-0.15, -0.1) is 0 Å². The fourth-order valence-electron chi connectivity index (χ4n) is 2.05. The molecule has 2 rings (SSSR count). The fourth-order valence-corrected chi connectivity index (χ4v) is 2.42. The van der Waals surface area contributed by atoms with Gasteiger partial charge in [-0.05, 0) is 23.8 Å². The molecular weight excluding hydrogens is 434 g/mol. The molecule has 2 aromatic rings. The van der Waals surface area contributed by atoms with Crippen LogP contribution in [0.2, 0.25) is 10.0 Å². The number of rotatable bonds is 5. The molecule has 0 fully saturated rings. The number of carbonyl (C=O) groups is 1. The molecule has 2 N–H and O–H groups in total. The molecule has 6 nitrogen and oxygen atoms in total. The molecule has 0 bridgehead atoms. The van der Waals surface area contributed by atoms with Gasteiger partial charge in [0.1, 0.15) is 12.4 Å². The third-order valence-electron chi connectivity index (χ3n) is 3.52. The molecular formula is C18H16Cl2F3N3O3. The largest absolute Gasteiger partial charge is 0.493 e. The number of hydrogen-bond donors (Lipinski definition) is 1. The van der Waals surface area contributed by atoms with E-state index in [1.54, 1.807) is 42.5 Å². The lowest BCUT2D eigenvalue weighted by Crippen LogP contribution is -2.40. The van der Waals surface area contributed by atoms with Gasteiger partial charge in [0.2, 0.25) is 5.96 Å². The number of hydrogen-bond acceptors (Lipinski definition) is 4. The second-order valence-electron chi connectivity index (χ2n) is 5.70. The lowest BCUT2D eigenvalue weighted by Gasteiger charge is -2.17. The Kier molecular flexibility index (Phi) is 7.58. The lowest BCUT2D eigenvalue weighted by molar-refractivity contribution is -0.222. The first kappa shape index (κ1) is 22.6. The summed E-state index contributed by atoms with van der Waals surface area (Å²) in [6.07, 6.45) is -5.13. The van der Waals surface area contributed by atoms with Gasteiger partial charge >= 0.3 is 12.1 Å². The predicted octanol–water partition coefficient (Wildman–Crippen LogP) is 4.34. The molecule has 0 heterocycles. The fraction of sp³-hybridized carbons (Fsp3) is 0.222. The molecule has 0 aliphatic heterocycles. The Morgan fingerprint density at radius 1 is 1.21 bits per heavy atom. The van der Waals surface area contributed by atoms with E-state index in [9.17, 15) is 18.0 Å². The maximum absolute atomic E-state index is 12.2. The molecule has 11 heteroatoms. The molecule has 2 aromatic carbocycles. The van der Waals surface area contributed by atoms with Gasteiger partial charge in [0.05, 0.1) is 16.6 Å². The summed E-state index contributed by atoms with van der Waals surface area (Å²) in [7, 11) is 1.04. The van der Waals surface area contributed by atoms with Crippen molar-refractivity contribution in [2.75, 3.05) is 7.05 Å². The summed E-state index contributed by atoms with van der Waals surface area (Å²) in [6, 6.07) is 12.0. The van der Waals surface area contributed by atoms with Gasteiger partial charge in [-0.1, -0.05) is 47.5 Å². The normalized spacial score (nSPS) is 11.9. The van der Waals surface area contributed by atoms with Gasteiger partial charge in [0.15, 0.2) is 0 Å². The highest BCUT2D eigenvalue weighted by molar-refractivity contribution is 6.42. The van der Waals surface area contributed by atoms with Crippen molar-refractivity contribution >= 4 is 35.1 Å². The number of aliphatic imine (C=N–C) groups is 1. The summed E-state index contributed by atoms with van der Waals surface area (Å²) in [5.74, 6) is -2.28. The highest BCUT2D eigenvalue weighted by Crippen LogP contribution is 2.26. The van der Waals surface area contributed by atoms with Crippen LogP contribution in [0, 0.1) is 0 Å². The van der Waals surface area contributed by atoms with E-state index in [1.807, 2.05) is 0 Å². The van der Waals surface area contributed by atoms with E-state index in [2.05, 4.69) is 9.83 Å². The zero-order chi connectivity index (χ0) is 21.6. The standard InChI is InChI=1S/C18H16Cl2F3N3O3/c1-26(29-16(27)18(21,22)23)17(24)25-9-11-4-2-6-13(8-11)28-10-12-5-3-7-14(19)15(12)20/h2-8H,9-10H2,1H3,(H2,24,25). The van der Waals surface area contributed by atoms with Gasteiger partial charge in [0, 0.05) is 12.6 Å². The van der Waals surface area contributed by atoms with Gasteiger partial charge in [-0.25, -0.2) is 9.79 Å². The second kappa shape index (κ2) is 9.71. The van der Waals surface area contributed by atoms with E-state index in [4.69, 9.17) is 33.7 Å². The van der Waals surface area contributed by atoms with E-state index >= 15 is 0 Å². The number of hydroxylamine groups is 2. The lowest BCUT2D eigenvalue weighted by atomic mass is 10.2. The summed E-state index contributed by atoms with van der Waals surface area (Å²) in [4.78, 5) is 18.8. The monoisotopic (exact) mass is 449 g/mol. The van der Waals surface area contributed by atoms with Crippen LogP contribution < -0.4 is 10.5 Å². The Morgan fingerprint density at radius 3 is 2.59 bits per heavy atom. The first-order valence-corrected chi connectivity index (χ1v) is 8.81. The highest BCUT2D eigenvalue weighted by atomic mass is 35.5. The van der Waals surface area contributed by atoms with E-state index in [1.165, 1.54) is 0 Å². The number of halogens is 5. The van der Waals surface area contributed by atoms with E-state index in [0.717, 1.165) is 7.05 Å². The van der Waals surface area contributed by atoms with E-state index < -0.39 is 18.1 Å². The van der Waals surface area contributed by atoms with E-state index in [-0.39, 0.29) is 13.2 Å². The Bertz CT molecular complexity index is 907.